The van der Waals surface area contributed by atoms with E-state index in [1.54, 1.807) is 49.4 Å². The van der Waals surface area contributed by atoms with Gasteiger partial charge in [0.05, 0.1) is 22.4 Å². The Bertz CT molecular complexity index is 1830. The minimum absolute atomic E-state index is 0.130. The third-order valence-corrected chi connectivity index (χ3v) is 6.36. The molecular formula is C28H23N9O4. The van der Waals surface area contributed by atoms with Gasteiger partial charge < -0.3 is 15.2 Å². The van der Waals surface area contributed by atoms with Crippen molar-refractivity contribution in [1.29, 1.82) is 0 Å². The van der Waals surface area contributed by atoms with Gasteiger partial charge in [-0.25, -0.2) is 10.1 Å². The molecule has 0 saturated heterocycles. The first-order chi connectivity index (χ1) is 19.8. The van der Waals surface area contributed by atoms with E-state index in [0.717, 1.165) is 11.3 Å². The molecule has 0 aliphatic rings. The van der Waals surface area contributed by atoms with Gasteiger partial charge in [-0.05, 0) is 64.9 Å². The molecule has 2 aromatic heterocycles. The van der Waals surface area contributed by atoms with Crippen molar-refractivity contribution < 1.29 is 9.72 Å². The second-order valence-corrected chi connectivity index (χ2v) is 9.15. The van der Waals surface area contributed by atoms with E-state index in [1.165, 1.54) is 18.2 Å². The van der Waals surface area contributed by atoms with Crippen LogP contribution in [-0.4, -0.2) is 48.0 Å². The Balaban J connectivity index is 1.36. The SMILES string of the molecule is C#CCN(Cc1ccc2nc(C)[nH]c(=O)c2c1)c1ccc(C(=O)NC(c2cccc([N+](=O)[O-])c2)c2nnn[nH]2)cc1. The number of hydrogen-bond acceptors (Lipinski definition) is 9. The van der Waals surface area contributed by atoms with Crippen molar-refractivity contribution in [2.45, 2.75) is 19.5 Å². The van der Waals surface area contributed by atoms with Crippen LogP contribution in [0.3, 0.4) is 0 Å². The van der Waals surface area contributed by atoms with Gasteiger partial charge >= 0.3 is 0 Å². The summed E-state index contributed by atoms with van der Waals surface area (Å²) in [6.07, 6.45) is 5.63. The zero-order chi connectivity index (χ0) is 28.9. The van der Waals surface area contributed by atoms with Crippen LogP contribution in [0.15, 0.2) is 71.5 Å². The molecule has 3 aromatic carbocycles. The Morgan fingerprint density at radius 1 is 1.17 bits per heavy atom. The average molecular weight is 550 g/mol. The van der Waals surface area contributed by atoms with E-state index in [9.17, 15) is 19.7 Å². The van der Waals surface area contributed by atoms with E-state index in [1.807, 2.05) is 11.0 Å². The van der Waals surface area contributed by atoms with Gasteiger partial charge in [0.15, 0.2) is 5.82 Å². The molecule has 1 unspecified atom stereocenters. The fourth-order valence-electron chi connectivity index (χ4n) is 4.42. The lowest BCUT2D eigenvalue weighted by molar-refractivity contribution is -0.384. The molecule has 41 heavy (non-hydrogen) atoms. The number of aryl methyl sites for hydroxylation is 1. The summed E-state index contributed by atoms with van der Waals surface area (Å²) in [6.45, 7) is 2.44. The lowest BCUT2D eigenvalue weighted by Crippen LogP contribution is -2.30. The predicted molar refractivity (Wildman–Crippen MR) is 150 cm³/mol. The van der Waals surface area contributed by atoms with Crippen LogP contribution in [0, 0.1) is 29.4 Å². The molecule has 2 heterocycles. The van der Waals surface area contributed by atoms with Crippen molar-refractivity contribution in [2.24, 2.45) is 0 Å². The number of hydrogen-bond donors (Lipinski definition) is 3. The van der Waals surface area contributed by atoms with Gasteiger partial charge in [-0.1, -0.05) is 24.1 Å². The lowest BCUT2D eigenvalue weighted by Gasteiger charge is -2.23. The number of carbonyl (C=O) groups excluding carboxylic acids is 1. The molecule has 0 aliphatic carbocycles. The molecule has 13 heteroatoms. The molecule has 1 amide bonds. The van der Waals surface area contributed by atoms with E-state index < -0.39 is 16.9 Å². The van der Waals surface area contributed by atoms with Crippen LogP contribution in [0.1, 0.15) is 39.2 Å². The number of non-ortho nitro benzene ring substituents is 1. The molecule has 0 spiro atoms. The first-order valence-electron chi connectivity index (χ1n) is 12.4. The highest BCUT2D eigenvalue weighted by molar-refractivity contribution is 5.95. The van der Waals surface area contributed by atoms with Crippen LogP contribution in [-0.2, 0) is 6.54 Å². The molecule has 0 saturated carbocycles. The van der Waals surface area contributed by atoms with Crippen LogP contribution in [0.2, 0.25) is 0 Å². The summed E-state index contributed by atoms with van der Waals surface area (Å²) in [4.78, 5) is 45.4. The highest BCUT2D eigenvalue weighted by Crippen LogP contribution is 2.24. The minimum atomic E-state index is -0.857. The van der Waals surface area contributed by atoms with Gasteiger partial charge in [-0.3, -0.25) is 19.7 Å². The van der Waals surface area contributed by atoms with Crippen LogP contribution in [0.5, 0.6) is 0 Å². The van der Waals surface area contributed by atoms with E-state index >= 15 is 0 Å². The molecular weight excluding hydrogens is 526 g/mol. The lowest BCUT2D eigenvalue weighted by atomic mass is 10.0. The van der Waals surface area contributed by atoms with Gasteiger partial charge in [0.2, 0.25) is 0 Å². The number of nitrogens with one attached hydrogen (secondary N) is 3. The number of H-pyrrole nitrogens is 2. The summed E-state index contributed by atoms with van der Waals surface area (Å²) in [5.74, 6) is 2.97. The Morgan fingerprint density at radius 2 is 1.98 bits per heavy atom. The normalized spacial score (nSPS) is 11.5. The highest BCUT2D eigenvalue weighted by Gasteiger charge is 2.23. The molecule has 204 valence electrons. The molecule has 1 atom stereocenters. The third-order valence-electron chi connectivity index (χ3n) is 6.36. The number of rotatable bonds is 9. The number of nitro groups is 1. The summed E-state index contributed by atoms with van der Waals surface area (Å²) in [6, 6.07) is 17.3. The van der Waals surface area contributed by atoms with E-state index in [4.69, 9.17) is 6.42 Å². The van der Waals surface area contributed by atoms with E-state index in [2.05, 4.69) is 41.8 Å². The quantitative estimate of drug-likeness (QED) is 0.142. The standard InChI is InChI=1S/C28H23N9O4/c1-3-13-36(16-18-7-12-24-23(14-18)28(39)30-17(2)29-24)21-10-8-19(9-11-21)27(38)31-25(26-32-34-35-33-26)20-5-4-6-22(15-20)37(40)41/h1,4-12,14-15,25H,13,16H2,2H3,(H,31,38)(H,29,30,39)(H,32,33,34,35). The number of terminal acetylenes is 1. The number of tetrazole rings is 1. The fraction of sp³-hybridized carbons (Fsp3) is 0.143. The number of fused-ring (bicyclic) bond motifs is 1. The smallest absolute Gasteiger partial charge is 0.269 e. The topological polar surface area (TPSA) is 176 Å². The van der Waals surface area contributed by atoms with Gasteiger partial charge in [-0.15, -0.1) is 11.5 Å². The number of amides is 1. The van der Waals surface area contributed by atoms with Crippen molar-refractivity contribution >= 4 is 28.2 Å². The number of nitrogens with zero attached hydrogens (tertiary/aromatic N) is 6. The molecule has 5 rings (SSSR count). The van der Waals surface area contributed by atoms with Crippen molar-refractivity contribution in [3.63, 3.8) is 0 Å². The largest absolute Gasteiger partial charge is 0.356 e. The zero-order valence-corrected chi connectivity index (χ0v) is 21.7. The van der Waals surface area contributed by atoms with Crippen LogP contribution < -0.4 is 15.8 Å². The molecule has 3 N–H and O–H groups in total. The monoisotopic (exact) mass is 549 g/mol. The minimum Gasteiger partial charge on any atom is -0.356 e. The number of benzene rings is 3. The summed E-state index contributed by atoms with van der Waals surface area (Å²) in [5, 5.41) is 28.2. The number of anilines is 1. The maximum Gasteiger partial charge on any atom is 0.269 e. The third kappa shape index (κ3) is 5.91. The zero-order valence-electron chi connectivity index (χ0n) is 21.7. The number of carbonyl (C=O) groups is 1. The molecule has 0 radical (unpaired) electrons. The van der Waals surface area contributed by atoms with Crippen molar-refractivity contribution in [3.05, 3.63) is 116 Å². The first-order valence-corrected chi connectivity index (χ1v) is 12.4. The molecule has 5 aromatic rings. The summed E-state index contributed by atoms with van der Waals surface area (Å²) in [7, 11) is 0. The maximum absolute atomic E-state index is 13.2. The first kappa shape index (κ1) is 26.7. The Kier molecular flexibility index (Phi) is 7.46. The second-order valence-electron chi connectivity index (χ2n) is 9.15. The average Bonchev–Trinajstić information content (AvgIpc) is 3.51. The predicted octanol–water partition coefficient (Wildman–Crippen LogP) is 2.81. The van der Waals surface area contributed by atoms with Crippen LogP contribution in [0.4, 0.5) is 11.4 Å². The molecule has 0 fully saturated rings. The summed E-state index contributed by atoms with van der Waals surface area (Å²) < 4.78 is 0. The van der Waals surface area contributed by atoms with Crippen molar-refractivity contribution in [1.82, 2.24) is 35.9 Å². The van der Waals surface area contributed by atoms with Crippen molar-refractivity contribution in [2.75, 3.05) is 11.4 Å². The highest BCUT2D eigenvalue weighted by atomic mass is 16.6. The van der Waals surface area contributed by atoms with Crippen molar-refractivity contribution in [3.8, 4) is 12.3 Å². The van der Waals surface area contributed by atoms with E-state index in [0.29, 0.717) is 40.9 Å². The number of aromatic amines is 2. The molecule has 13 nitrogen and oxygen atoms in total. The molecule has 0 aliphatic heterocycles. The Morgan fingerprint density at radius 3 is 2.68 bits per heavy atom. The summed E-state index contributed by atoms with van der Waals surface area (Å²) in [5.41, 5.74) is 2.68. The van der Waals surface area contributed by atoms with Gasteiger partial charge in [0, 0.05) is 29.9 Å². The van der Waals surface area contributed by atoms with E-state index in [-0.39, 0.29) is 17.1 Å². The Hall–Kier alpha value is -5.90. The fourth-order valence-corrected chi connectivity index (χ4v) is 4.42. The number of nitro benzene ring substituents is 1. The van der Waals surface area contributed by atoms with Crippen LogP contribution in [0.25, 0.3) is 10.9 Å². The van der Waals surface area contributed by atoms with Gasteiger partial charge in [0.25, 0.3) is 17.2 Å². The Labute approximate surface area is 232 Å². The van der Waals surface area contributed by atoms with Gasteiger partial charge in [0.1, 0.15) is 11.9 Å². The molecule has 0 bridgehead atoms. The number of aromatic nitrogens is 6. The second kappa shape index (κ2) is 11.5. The summed E-state index contributed by atoms with van der Waals surface area (Å²) >= 11 is 0. The van der Waals surface area contributed by atoms with Crippen LogP contribution >= 0.6 is 0 Å². The van der Waals surface area contributed by atoms with Gasteiger partial charge in [-0.2, -0.15) is 0 Å². The maximum atomic E-state index is 13.2.